The number of rotatable bonds is 5. The van der Waals surface area contributed by atoms with Crippen molar-refractivity contribution >= 4 is 15.9 Å². The van der Waals surface area contributed by atoms with Crippen molar-refractivity contribution in [3.8, 4) is 0 Å². The van der Waals surface area contributed by atoms with Gasteiger partial charge in [-0.05, 0) is 25.7 Å². The van der Waals surface area contributed by atoms with Crippen LogP contribution in [0.25, 0.3) is 0 Å². The van der Waals surface area contributed by atoms with Gasteiger partial charge in [0.25, 0.3) is 0 Å². The molecule has 0 saturated heterocycles. The third-order valence-electron chi connectivity index (χ3n) is 2.43. The number of alkyl halides is 1. The third kappa shape index (κ3) is 4.46. The highest BCUT2D eigenvalue weighted by Crippen LogP contribution is 2.20. The summed E-state index contributed by atoms with van der Waals surface area (Å²) in [4.78, 5) is 0. The van der Waals surface area contributed by atoms with E-state index in [1.165, 1.54) is 44.9 Å². The zero-order valence-electron chi connectivity index (χ0n) is 7.73. The Morgan fingerprint density at radius 1 is 1.08 bits per heavy atom. The summed E-state index contributed by atoms with van der Waals surface area (Å²) in [5.41, 5.74) is 0. The molecular weight excluding hydrogens is 216 g/mol. The van der Waals surface area contributed by atoms with E-state index in [-0.39, 0.29) is 0 Å². The van der Waals surface area contributed by atoms with Crippen molar-refractivity contribution in [2.45, 2.75) is 51.0 Å². The van der Waals surface area contributed by atoms with E-state index in [9.17, 15) is 0 Å². The van der Waals surface area contributed by atoms with Gasteiger partial charge in [0.1, 0.15) is 0 Å². The lowest BCUT2D eigenvalue weighted by Crippen LogP contribution is -2.17. The van der Waals surface area contributed by atoms with E-state index >= 15 is 0 Å². The molecule has 0 heterocycles. The molecule has 0 aromatic heterocycles. The molecule has 0 aromatic carbocycles. The van der Waals surface area contributed by atoms with Gasteiger partial charge in [0.2, 0.25) is 0 Å². The average molecular weight is 235 g/mol. The van der Waals surface area contributed by atoms with Crippen molar-refractivity contribution in [2.75, 3.05) is 11.9 Å². The molecule has 0 amide bonds. The second kappa shape index (κ2) is 6.90. The van der Waals surface area contributed by atoms with E-state index in [4.69, 9.17) is 4.74 Å². The number of unbranched alkanes of at least 4 members (excludes halogenated alkanes) is 1. The fourth-order valence-corrected chi connectivity index (χ4v) is 2.07. The Labute approximate surface area is 84.0 Å². The molecule has 0 aliphatic heterocycles. The van der Waals surface area contributed by atoms with Gasteiger partial charge in [0.15, 0.2) is 0 Å². The van der Waals surface area contributed by atoms with E-state index in [2.05, 4.69) is 15.9 Å². The quantitative estimate of drug-likeness (QED) is 0.523. The minimum absolute atomic E-state index is 0.592. The first-order valence-corrected chi connectivity index (χ1v) is 6.23. The van der Waals surface area contributed by atoms with Gasteiger partial charge in [-0.1, -0.05) is 35.2 Å². The largest absolute Gasteiger partial charge is 0.378 e. The fraction of sp³-hybridized carbons (Fsp3) is 1.00. The summed E-state index contributed by atoms with van der Waals surface area (Å²) in [6.07, 6.45) is 9.82. The Bertz CT molecular complexity index is 100. The maximum atomic E-state index is 5.76. The molecule has 1 saturated carbocycles. The molecule has 1 aliphatic carbocycles. The Morgan fingerprint density at radius 3 is 2.50 bits per heavy atom. The fourth-order valence-electron chi connectivity index (χ4n) is 1.68. The summed E-state index contributed by atoms with van der Waals surface area (Å²) in [6.45, 7) is 0.969. The minimum atomic E-state index is 0.592. The predicted octanol–water partition coefficient (Wildman–Crippen LogP) is 3.51. The van der Waals surface area contributed by atoms with Gasteiger partial charge in [0, 0.05) is 11.9 Å². The first-order valence-electron chi connectivity index (χ1n) is 5.11. The van der Waals surface area contributed by atoms with Gasteiger partial charge in [-0.15, -0.1) is 0 Å². The Morgan fingerprint density at radius 2 is 1.83 bits per heavy atom. The first kappa shape index (κ1) is 10.5. The molecule has 0 aromatic rings. The Kier molecular flexibility index (Phi) is 6.05. The van der Waals surface area contributed by atoms with Gasteiger partial charge in [0.05, 0.1) is 6.10 Å². The summed E-state index contributed by atoms with van der Waals surface area (Å²) in [6, 6.07) is 0. The molecule has 0 unspecified atom stereocenters. The van der Waals surface area contributed by atoms with Crippen LogP contribution in [0.5, 0.6) is 0 Å². The van der Waals surface area contributed by atoms with Crippen molar-refractivity contribution in [3.63, 3.8) is 0 Å². The van der Waals surface area contributed by atoms with E-state index in [0.717, 1.165) is 11.9 Å². The summed E-state index contributed by atoms with van der Waals surface area (Å²) >= 11 is 3.42. The van der Waals surface area contributed by atoms with Crippen molar-refractivity contribution in [1.82, 2.24) is 0 Å². The maximum Gasteiger partial charge on any atom is 0.0575 e. The Balaban J connectivity index is 1.91. The van der Waals surface area contributed by atoms with Crippen LogP contribution in [-0.4, -0.2) is 18.0 Å². The lowest BCUT2D eigenvalue weighted by atomic mass is 9.98. The van der Waals surface area contributed by atoms with Gasteiger partial charge in [-0.2, -0.15) is 0 Å². The summed E-state index contributed by atoms with van der Waals surface area (Å²) in [5.74, 6) is 0. The molecule has 1 aliphatic rings. The van der Waals surface area contributed by atoms with Crippen molar-refractivity contribution in [3.05, 3.63) is 0 Å². The summed E-state index contributed by atoms with van der Waals surface area (Å²) < 4.78 is 5.76. The van der Waals surface area contributed by atoms with Crippen LogP contribution in [0, 0.1) is 0 Å². The van der Waals surface area contributed by atoms with Crippen LogP contribution in [-0.2, 0) is 4.74 Å². The summed E-state index contributed by atoms with van der Waals surface area (Å²) in [5, 5.41) is 1.11. The molecule has 72 valence electrons. The highest BCUT2D eigenvalue weighted by atomic mass is 79.9. The third-order valence-corrected chi connectivity index (χ3v) is 2.99. The lowest BCUT2D eigenvalue weighted by molar-refractivity contribution is 0.0271. The second-order valence-corrected chi connectivity index (χ2v) is 4.32. The van der Waals surface area contributed by atoms with Crippen LogP contribution >= 0.6 is 15.9 Å². The van der Waals surface area contributed by atoms with Gasteiger partial charge in [-0.25, -0.2) is 0 Å². The van der Waals surface area contributed by atoms with Crippen LogP contribution in [0.2, 0.25) is 0 Å². The highest BCUT2D eigenvalue weighted by molar-refractivity contribution is 9.09. The van der Waals surface area contributed by atoms with Crippen molar-refractivity contribution in [2.24, 2.45) is 0 Å². The van der Waals surface area contributed by atoms with Crippen LogP contribution < -0.4 is 0 Å². The molecule has 0 atom stereocenters. The number of halogens is 1. The standard InChI is InChI=1S/C10H19BrO/c11-8-4-5-9-12-10-6-2-1-3-7-10/h10H,1-9H2. The second-order valence-electron chi connectivity index (χ2n) is 3.53. The molecule has 0 radical (unpaired) electrons. The summed E-state index contributed by atoms with van der Waals surface area (Å²) in [7, 11) is 0. The maximum absolute atomic E-state index is 5.76. The first-order chi connectivity index (χ1) is 5.93. The average Bonchev–Trinajstić information content (AvgIpc) is 2.14. The Hall–Kier alpha value is 0.440. The van der Waals surface area contributed by atoms with Crippen molar-refractivity contribution < 1.29 is 4.74 Å². The molecule has 2 heteroatoms. The van der Waals surface area contributed by atoms with Crippen molar-refractivity contribution in [1.29, 1.82) is 0 Å². The van der Waals surface area contributed by atoms with E-state index in [1.807, 2.05) is 0 Å². The highest BCUT2D eigenvalue weighted by Gasteiger charge is 2.12. The molecule has 12 heavy (non-hydrogen) atoms. The van der Waals surface area contributed by atoms with Gasteiger partial charge < -0.3 is 4.74 Å². The van der Waals surface area contributed by atoms with Crippen LogP contribution in [0.4, 0.5) is 0 Å². The van der Waals surface area contributed by atoms with E-state index in [0.29, 0.717) is 6.10 Å². The zero-order chi connectivity index (χ0) is 8.65. The molecule has 0 spiro atoms. The number of hydrogen-bond acceptors (Lipinski definition) is 1. The lowest BCUT2D eigenvalue weighted by Gasteiger charge is -2.21. The number of ether oxygens (including phenoxy) is 1. The predicted molar refractivity (Wildman–Crippen MR) is 55.9 cm³/mol. The zero-order valence-corrected chi connectivity index (χ0v) is 9.31. The van der Waals surface area contributed by atoms with Gasteiger partial charge in [-0.3, -0.25) is 0 Å². The molecule has 0 N–H and O–H groups in total. The molecule has 0 bridgehead atoms. The molecule has 1 fully saturated rings. The normalized spacial score (nSPS) is 19.8. The van der Waals surface area contributed by atoms with Crippen LogP contribution in [0.3, 0.4) is 0 Å². The van der Waals surface area contributed by atoms with Gasteiger partial charge >= 0.3 is 0 Å². The monoisotopic (exact) mass is 234 g/mol. The van der Waals surface area contributed by atoms with E-state index < -0.39 is 0 Å². The minimum Gasteiger partial charge on any atom is -0.378 e. The molecular formula is C10H19BrO. The topological polar surface area (TPSA) is 9.23 Å². The van der Waals surface area contributed by atoms with E-state index in [1.54, 1.807) is 0 Å². The SMILES string of the molecule is BrCCCCOC1CCCCC1. The smallest absolute Gasteiger partial charge is 0.0575 e. The molecule has 1 rings (SSSR count). The van der Waals surface area contributed by atoms with Crippen LogP contribution in [0.15, 0.2) is 0 Å². The number of hydrogen-bond donors (Lipinski definition) is 0. The van der Waals surface area contributed by atoms with Crippen LogP contribution in [0.1, 0.15) is 44.9 Å². The molecule has 1 nitrogen and oxygen atoms in total.